The number of hydrogen-bond donors (Lipinski definition) is 2. The Morgan fingerprint density at radius 1 is 1.08 bits per heavy atom. The molecule has 0 spiro atoms. The third-order valence-corrected chi connectivity index (χ3v) is 3.84. The first-order valence-electron chi connectivity index (χ1n) is 8.13. The van der Waals surface area contributed by atoms with Crippen molar-refractivity contribution in [1.82, 2.24) is 20.4 Å². The van der Waals surface area contributed by atoms with Crippen molar-refractivity contribution < 1.29 is 8.78 Å². The molecular formula is C19H19F2N5. The molecule has 2 N–H and O–H groups in total. The lowest BCUT2D eigenvalue weighted by Crippen LogP contribution is -2.36. The Hall–Kier alpha value is -3.22. The molecule has 134 valence electrons. The Kier molecular flexibility index (Phi) is 5.58. The van der Waals surface area contributed by atoms with Gasteiger partial charge in [0.2, 0.25) is 0 Å². The van der Waals surface area contributed by atoms with Gasteiger partial charge < -0.3 is 10.6 Å². The molecule has 0 unspecified atom stereocenters. The summed E-state index contributed by atoms with van der Waals surface area (Å²) in [6.07, 6.45) is 3.61. The van der Waals surface area contributed by atoms with E-state index in [1.54, 1.807) is 17.9 Å². The molecule has 5 nitrogen and oxygen atoms in total. The van der Waals surface area contributed by atoms with Crippen LogP contribution in [0.2, 0.25) is 0 Å². The largest absolute Gasteiger partial charge is 0.352 e. The van der Waals surface area contributed by atoms with E-state index in [2.05, 4.69) is 20.7 Å². The maximum Gasteiger partial charge on any atom is 0.191 e. The maximum absolute atomic E-state index is 13.7. The zero-order chi connectivity index (χ0) is 18.4. The fourth-order valence-corrected chi connectivity index (χ4v) is 2.45. The van der Waals surface area contributed by atoms with Crippen LogP contribution in [0.1, 0.15) is 11.1 Å². The summed E-state index contributed by atoms with van der Waals surface area (Å²) in [7, 11) is 1.62. The molecule has 0 fully saturated rings. The van der Waals surface area contributed by atoms with Gasteiger partial charge in [-0.2, -0.15) is 5.10 Å². The summed E-state index contributed by atoms with van der Waals surface area (Å²) >= 11 is 0. The second kappa shape index (κ2) is 8.24. The maximum atomic E-state index is 13.7. The van der Waals surface area contributed by atoms with Gasteiger partial charge in [0.25, 0.3) is 0 Å². The minimum Gasteiger partial charge on any atom is -0.352 e. The summed E-state index contributed by atoms with van der Waals surface area (Å²) < 4.78 is 28.6. The molecule has 0 aliphatic heterocycles. The summed E-state index contributed by atoms with van der Waals surface area (Å²) in [4.78, 5) is 4.09. The Bertz CT molecular complexity index is 873. The Morgan fingerprint density at radius 3 is 2.54 bits per heavy atom. The predicted octanol–water partition coefficient (Wildman–Crippen LogP) is 3.02. The molecule has 0 radical (unpaired) electrons. The van der Waals surface area contributed by atoms with E-state index >= 15 is 0 Å². The Morgan fingerprint density at radius 2 is 1.85 bits per heavy atom. The normalized spacial score (nSPS) is 11.4. The van der Waals surface area contributed by atoms with Gasteiger partial charge >= 0.3 is 0 Å². The van der Waals surface area contributed by atoms with Crippen molar-refractivity contribution in [3.63, 3.8) is 0 Å². The smallest absolute Gasteiger partial charge is 0.191 e. The number of nitrogens with zero attached hydrogens (tertiary/aromatic N) is 3. The van der Waals surface area contributed by atoms with Crippen LogP contribution in [-0.2, 0) is 13.1 Å². The molecule has 0 bridgehead atoms. The van der Waals surface area contributed by atoms with Crippen LogP contribution in [0.4, 0.5) is 8.78 Å². The van der Waals surface area contributed by atoms with Gasteiger partial charge in [0.05, 0.1) is 5.69 Å². The number of nitrogens with one attached hydrogen (secondary N) is 2. The van der Waals surface area contributed by atoms with Crippen LogP contribution in [0.15, 0.2) is 65.9 Å². The highest BCUT2D eigenvalue weighted by atomic mass is 19.1. The molecule has 1 heterocycles. The highest BCUT2D eigenvalue weighted by Crippen LogP contribution is 2.10. The van der Waals surface area contributed by atoms with Crippen molar-refractivity contribution in [2.75, 3.05) is 7.05 Å². The third kappa shape index (κ3) is 4.44. The van der Waals surface area contributed by atoms with Gasteiger partial charge in [-0.15, -0.1) is 0 Å². The van der Waals surface area contributed by atoms with E-state index < -0.39 is 11.6 Å². The summed E-state index contributed by atoms with van der Waals surface area (Å²) in [6.45, 7) is 0.687. The van der Waals surface area contributed by atoms with E-state index in [0.29, 0.717) is 12.5 Å². The predicted molar refractivity (Wildman–Crippen MR) is 97.0 cm³/mol. The van der Waals surface area contributed by atoms with Gasteiger partial charge in [-0.25, -0.2) is 13.5 Å². The topological polar surface area (TPSA) is 54.2 Å². The van der Waals surface area contributed by atoms with Crippen molar-refractivity contribution in [2.24, 2.45) is 4.99 Å². The molecule has 0 saturated heterocycles. The lowest BCUT2D eigenvalue weighted by atomic mass is 10.2. The van der Waals surface area contributed by atoms with Gasteiger partial charge in [-0.1, -0.05) is 12.1 Å². The molecule has 0 amide bonds. The monoisotopic (exact) mass is 355 g/mol. The average Bonchev–Trinajstić information content (AvgIpc) is 3.20. The lowest BCUT2D eigenvalue weighted by molar-refractivity contribution is 0.581. The molecule has 0 aliphatic rings. The van der Waals surface area contributed by atoms with E-state index in [0.717, 1.165) is 23.4 Å². The second-order valence-corrected chi connectivity index (χ2v) is 5.63. The summed E-state index contributed by atoms with van der Waals surface area (Å²) in [5, 5.41) is 10.3. The van der Waals surface area contributed by atoms with Gasteiger partial charge in [0, 0.05) is 38.1 Å². The average molecular weight is 355 g/mol. The Balaban J connectivity index is 1.55. The fourth-order valence-electron chi connectivity index (χ4n) is 2.45. The molecule has 7 heteroatoms. The standard InChI is InChI=1S/C19H19F2N5/c1-22-19(24-13-15-11-16(20)5-8-18(15)21)23-12-14-3-6-17(7-4-14)26-10-2-9-25-26/h2-11H,12-13H2,1H3,(H2,22,23,24). The first kappa shape index (κ1) is 17.6. The van der Waals surface area contributed by atoms with E-state index in [1.807, 2.05) is 36.5 Å². The number of hydrogen-bond acceptors (Lipinski definition) is 2. The van der Waals surface area contributed by atoms with Crippen molar-refractivity contribution in [2.45, 2.75) is 13.1 Å². The van der Waals surface area contributed by atoms with E-state index in [9.17, 15) is 8.78 Å². The number of halogens is 2. The number of guanidine groups is 1. The first-order chi connectivity index (χ1) is 12.7. The van der Waals surface area contributed by atoms with E-state index in [1.165, 1.54) is 6.07 Å². The SMILES string of the molecule is CN=C(NCc1ccc(-n2cccn2)cc1)NCc1cc(F)ccc1F. The zero-order valence-electron chi connectivity index (χ0n) is 14.3. The quantitative estimate of drug-likeness (QED) is 0.546. The summed E-state index contributed by atoms with van der Waals surface area (Å²) in [5.41, 5.74) is 2.28. The minimum atomic E-state index is -0.469. The van der Waals surface area contributed by atoms with Gasteiger partial charge in [0.15, 0.2) is 5.96 Å². The second-order valence-electron chi connectivity index (χ2n) is 5.63. The first-order valence-corrected chi connectivity index (χ1v) is 8.13. The van der Waals surface area contributed by atoms with Crippen LogP contribution in [-0.4, -0.2) is 22.8 Å². The highest BCUT2D eigenvalue weighted by Gasteiger charge is 2.05. The Labute approximate surface area is 150 Å². The van der Waals surface area contributed by atoms with Gasteiger partial charge in [-0.3, -0.25) is 4.99 Å². The molecule has 26 heavy (non-hydrogen) atoms. The highest BCUT2D eigenvalue weighted by molar-refractivity contribution is 5.79. The van der Waals surface area contributed by atoms with Crippen LogP contribution >= 0.6 is 0 Å². The van der Waals surface area contributed by atoms with Crippen LogP contribution < -0.4 is 10.6 Å². The van der Waals surface area contributed by atoms with Gasteiger partial charge in [-0.05, 0) is 42.0 Å². The van der Waals surface area contributed by atoms with Crippen LogP contribution in [0.5, 0.6) is 0 Å². The number of benzene rings is 2. The van der Waals surface area contributed by atoms with Gasteiger partial charge in [0.1, 0.15) is 11.6 Å². The molecule has 0 atom stereocenters. The third-order valence-electron chi connectivity index (χ3n) is 3.84. The number of aliphatic imine (C=N–C) groups is 1. The molecule has 1 aromatic heterocycles. The summed E-state index contributed by atoms with van der Waals surface area (Å²) in [5.74, 6) is -0.420. The van der Waals surface area contributed by atoms with Crippen molar-refractivity contribution >= 4 is 5.96 Å². The lowest BCUT2D eigenvalue weighted by Gasteiger charge is -2.13. The molecule has 3 aromatic rings. The molecular weight excluding hydrogens is 336 g/mol. The minimum absolute atomic E-state index is 0.140. The van der Waals surface area contributed by atoms with Crippen molar-refractivity contribution in [1.29, 1.82) is 0 Å². The van der Waals surface area contributed by atoms with Crippen LogP contribution in [0.25, 0.3) is 5.69 Å². The molecule has 0 aliphatic carbocycles. The zero-order valence-corrected chi connectivity index (χ0v) is 14.3. The molecule has 3 rings (SSSR count). The van der Waals surface area contributed by atoms with E-state index in [4.69, 9.17) is 0 Å². The molecule has 0 saturated carbocycles. The van der Waals surface area contributed by atoms with Crippen molar-refractivity contribution in [3.8, 4) is 5.69 Å². The summed E-state index contributed by atoms with van der Waals surface area (Å²) in [6, 6.07) is 13.2. The van der Waals surface area contributed by atoms with E-state index in [-0.39, 0.29) is 12.1 Å². The van der Waals surface area contributed by atoms with Crippen LogP contribution in [0.3, 0.4) is 0 Å². The number of rotatable bonds is 5. The van der Waals surface area contributed by atoms with Crippen LogP contribution in [0, 0.1) is 11.6 Å². The fraction of sp³-hybridized carbons (Fsp3) is 0.158. The number of aromatic nitrogens is 2. The molecule has 2 aromatic carbocycles. The van der Waals surface area contributed by atoms with Crippen molar-refractivity contribution in [3.05, 3.63) is 83.7 Å².